The molecule has 0 saturated heterocycles. The number of halogens is 4. The van der Waals surface area contributed by atoms with E-state index in [-0.39, 0.29) is 33.2 Å². The number of carboxylic acid groups (broad SMARTS) is 1. The summed E-state index contributed by atoms with van der Waals surface area (Å²) in [6, 6.07) is 5.50. The number of nitrogens with zero attached hydrogens (tertiary/aromatic N) is 5. The van der Waals surface area contributed by atoms with E-state index in [0.29, 0.717) is 27.9 Å². The number of aryl methyl sites for hydroxylation is 1. The Morgan fingerprint density at radius 1 is 1.20 bits per heavy atom. The predicted molar refractivity (Wildman–Crippen MR) is 123 cm³/mol. The van der Waals surface area contributed by atoms with Gasteiger partial charge >= 0.3 is 12.1 Å². The highest BCUT2D eigenvalue weighted by Gasteiger charge is 2.32. The number of aromatic carboxylic acids is 1. The zero-order valence-corrected chi connectivity index (χ0v) is 20.1. The van der Waals surface area contributed by atoms with E-state index >= 15 is 0 Å². The van der Waals surface area contributed by atoms with Crippen LogP contribution in [0.15, 0.2) is 40.9 Å². The van der Waals surface area contributed by atoms with Gasteiger partial charge in [0.1, 0.15) is 11.5 Å². The molecule has 0 bridgehead atoms. The number of thioether (sulfide) groups is 1. The van der Waals surface area contributed by atoms with Gasteiger partial charge < -0.3 is 5.11 Å². The van der Waals surface area contributed by atoms with Crippen molar-refractivity contribution in [1.29, 1.82) is 0 Å². The number of aromatic nitrogens is 5. The number of carbonyl (C=O) groups is 1. The van der Waals surface area contributed by atoms with E-state index in [1.807, 2.05) is 13.8 Å². The van der Waals surface area contributed by atoms with Crippen LogP contribution in [-0.2, 0) is 6.18 Å². The quantitative estimate of drug-likeness (QED) is 0.240. The number of carboxylic acids is 1. The average molecular weight is 524 g/mol. The van der Waals surface area contributed by atoms with Crippen molar-refractivity contribution in [2.45, 2.75) is 36.4 Å². The molecule has 4 rings (SSSR count). The van der Waals surface area contributed by atoms with Gasteiger partial charge in [-0.25, -0.2) is 24.1 Å². The smallest absolute Gasteiger partial charge is 0.419 e. The number of hydrogen-bond donors (Lipinski definition) is 1. The molecule has 0 spiro atoms. The normalized spacial score (nSPS) is 11.9. The minimum absolute atomic E-state index is 0.0326. The molecule has 0 unspecified atom stereocenters. The first kappa shape index (κ1) is 24.8. The van der Waals surface area contributed by atoms with Crippen molar-refractivity contribution in [3.63, 3.8) is 0 Å². The molecule has 0 amide bonds. The summed E-state index contributed by atoms with van der Waals surface area (Å²) in [5.41, 5.74) is -0.0839. The van der Waals surface area contributed by atoms with Crippen LogP contribution in [0.25, 0.3) is 27.8 Å². The van der Waals surface area contributed by atoms with Crippen LogP contribution in [0.3, 0.4) is 0 Å². The molecule has 4 aromatic rings. The van der Waals surface area contributed by atoms with Crippen molar-refractivity contribution in [1.82, 2.24) is 24.7 Å². The Morgan fingerprint density at radius 2 is 1.89 bits per heavy atom. The fourth-order valence-corrected chi connectivity index (χ4v) is 5.70. The third kappa shape index (κ3) is 5.05. The molecule has 0 aliphatic heterocycles. The lowest BCUT2D eigenvalue weighted by Crippen LogP contribution is -2.09. The monoisotopic (exact) mass is 523 g/mol. The molecule has 3 heterocycles. The fraction of sp³-hybridized carbons (Fsp3) is 0.227. The van der Waals surface area contributed by atoms with E-state index in [4.69, 9.17) is 0 Å². The second-order valence-electron chi connectivity index (χ2n) is 7.63. The lowest BCUT2D eigenvalue weighted by atomic mass is 10.0. The van der Waals surface area contributed by atoms with Crippen LogP contribution in [0.2, 0.25) is 0 Å². The molecule has 0 aliphatic rings. The summed E-state index contributed by atoms with van der Waals surface area (Å²) in [5, 5.41) is 14.6. The Bertz CT molecular complexity index is 1400. The summed E-state index contributed by atoms with van der Waals surface area (Å²) in [5.74, 6) is -1.86. The number of hydrogen-bond acceptors (Lipinski definition) is 7. The van der Waals surface area contributed by atoms with Gasteiger partial charge in [-0.15, -0.1) is 11.8 Å². The van der Waals surface area contributed by atoms with Crippen molar-refractivity contribution in [3.8, 4) is 27.8 Å². The van der Waals surface area contributed by atoms with Gasteiger partial charge in [0.15, 0.2) is 11.5 Å². The zero-order valence-electron chi connectivity index (χ0n) is 18.5. The summed E-state index contributed by atoms with van der Waals surface area (Å²) in [6.07, 6.45) is -3.24. The van der Waals surface area contributed by atoms with Gasteiger partial charge in [0, 0.05) is 23.2 Å². The third-order valence-electron chi connectivity index (χ3n) is 4.68. The van der Waals surface area contributed by atoms with E-state index in [2.05, 4.69) is 20.1 Å². The Kier molecular flexibility index (Phi) is 6.64. The molecule has 0 aliphatic carbocycles. The van der Waals surface area contributed by atoms with Crippen LogP contribution < -0.4 is 0 Å². The molecular formula is C22H17F4N5O2S2. The minimum atomic E-state index is -4.59. The van der Waals surface area contributed by atoms with E-state index in [0.717, 1.165) is 16.0 Å². The highest BCUT2D eigenvalue weighted by molar-refractivity contribution is 8.01. The van der Waals surface area contributed by atoms with E-state index in [1.54, 1.807) is 13.0 Å². The van der Waals surface area contributed by atoms with Crippen molar-refractivity contribution in [2.24, 2.45) is 0 Å². The maximum atomic E-state index is 13.8. The molecule has 0 radical (unpaired) electrons. The van der Waals surface area contributed by atoms with Gasteiger partial charge in [0.05, 0.1) is 15.5 Å². The Balaban J connectivity index is 1.88. The van der Waals surface area contributed by atoms with Crippen molar-refractivity contribution >= 4 is 29.1 Å². The molecule has 7 nitrogen and oxygen atoms in total. The van der Waals surface area contributed by atoms with Gasteiger partial charge in [-0.05, 0) is 24.6 Å². The summed E-state index contributed by atoms with van der Waals surface area (Å²) in [7, 11) is 0. The minimum Gasteiger partial charge on any atom is -0.476 e. The largest absolute Gasteiger partial charge is 0.476 e. The zero-order chi connectivity index (χ0) is 25.5. The van der Waals surface area contributed by atoms with Gasteiger partial charge in [-0.1, -0.05) is 37.3 Å². The van der Waals surface area contributed by atoms with Crippen molar-refractivity contribution < 1.29 is 27.5 Å². The van der Waals surface area contributed by atoms with Crippen LogP contribution in [0, 0.1) is 12.7 Å². The number of rotatable bonds is 6. The van der Waals surface area contributed by atoms with E-state index in [1.165, 1.54) is 30.0 Å². The molecule has 35 heavy (non-hydrogen) atoms. The van der Waals surface area contributed by atoms with Crippen LogP contribution in [0.5, 0.6) is 0 Å². The summed E-state index contributed by atoms with van der Waals surface area (Å²) in [6.45, 7) is 5.44. The van der Waals surface area contributed by atoms with Gasteiger partial charge in [0.2, 0.25) is 5.13 Å². The Hall–Kier alpha value is -3.32. The number of benzene rings is 1. The first-order valence-electron chi connectivity index (χ1n) is 10.1. The maximum Gasteiger partial charge on any atom is 0.419 e. The lowest BCUT2D eigenvalue weighted by Gasteiger charge is -2.06. The van der Waals surface area contributed by atoms with Crippen LogP contribution in [0.4, 0.5) is 17.6 Å². The second-order valence-corrected chi connectivity index (χ2v) is 10.5. The SMILES string of the molecule is Cc1nn(-c2nc(-c3ncc(C(F)(F)F)cn3)c(SC(C)C)s2)c(C(=O)O)c1-c1cccc(F)c1. The highest BCUT2D eigenvalue weighted by Crippen LogP contribution is 2.40. The number of alkyl halides is 3. The first-order chi connectivity index (χ1) is 16.5. The molecular weight excluding hydrogens is 506 g/mol. The fourth-order valence-electron chi connectivity index (χ4n) is 3.27. The second kappa shape index (κ2) is 9.38. The highest BCUT2D eigenvalue weighted by atomic mass is 32.2. The van der Waals surface area contributed by atoms with Crippen molar-refractivity contribution in [2.75, 3.05) is 0 Å². The van der Waals surface area contributed by atoms with Gasteiger partial charge in [0.25, 0.3) is 0 Å². The van der Waals surface area contributed by atoms with E-state index < -0.39 is 23.5 Å². The van der Waals surface area contributed by atoms with Crippen LogP contribution in [0.1, 0.15) is 35.6 Å². The third-order valence-corrected chi connectivity index (χ3v) is 6.92. The topological polar surface area (TPSA) is 93.8 Å². The molecule has 3 aromatic heterocycles. The molecule has 0 atom stereocenters. The molecule has 13 heteroatoms. The van der Waals surface area contributed by atoms with Crippen LogP contribution in [-0.4, -0.2) is 41.1 Å². The Morgan fingerprint density at radius 3 is 2.46 bits per heavy atom. The van der Waals surface area contributed by atoms with Crippen LogP contribution >= 0.6 is 23.1 Å². The maximum absolute atomic E-state index is 13.8. The molecule has 0 fully saturated rings. The molecule has 0 saturated carbocycles. The first-order valence-corrected chi connectivity index (χ1v) is 11.8. The van der Waals surface area contributed by atoms with E-state index in [9.17, 15) is 27.5 Å². The summed E-state index contributed by atoms with van der Waals surface area (Å²) in [4.78, 5) is 24.4. The molecule has 182 valence electrons. The predicted octanol–water partition coefficient (Wildman–Crippen LogP) is 6.12. The molecule has 1 N–H and O–H groups in total. The molecule has 1 aromatic carbocycles. The van der Waals surface area contributed by atoms with Gasteiger partial charge in [-0.2, -0.15) is 23.0 Å². The van der Waals surface area contributed by atoms with Crippen molar-refractivity contribution in [3.05, 3.63) is 59.4 Å². The summed E-state index contributed by atoms with van der Waals surface area (Å²) < 4.78 is 54.4. The number of thiazole rings is 1. The Labute approximate surface area is 204 Å². The lowest BCUT2D eigenvalue weighted by molar-refractivity contribution is -0.138. The standard InChI is InChI=1S/C22H17F4N5O2S2/c1-10(2)34-20-16(18-27-8-13(9-28-18)22(24,25)26)29-21(35-20)31-17(19(32)33)15(11(3)30-31)12-5-4-6-14(23)7-12/h4-10H,1-3H3,(H,32,33). The van der Waals surface area contributed by atoms with Gasteiger partial charge in [-0.3, -0.25) is 0 Å². The average Bonchev–Trinajstić information content (AvgIpc) is 3.33. The summed E-state index contributed by atoms with van der Waals surface area (Å²) >= 11 is 2.49.